The normalized spacial score (nSPS) is 13.5. The largest absolute Gasteiger partial charge is 0.416 e. The van der Waals surface area contributed by atoms with Crippen LogP contribution >= 0.6 is 33.9 Å². The van der Waals surface area contributed by atoms with Crippen molar-refractivity contribution in [2.75, 3.05) is 0 Å². The Kier molecular flexibility index (Phi) is 4.49. The quantitative estimate of drug-likeness (QED) is 0.467. The van der Waals surface area contributed by atoms with E-state index in [1.165, 1.54) is 23.5 Å². The molecule has 1 aromatic heterocycles. The van der Waals surface area contributed by atoms with Crippen molar-refractivity contribution in [2.24, 2.45) is 5.84 Å². The standard InChI is InChI=1S/C12H10F3IN2S/c13-12(14,15)9-4-2-1-3-8(9)11(18-17)7-5-10(16)19-6-7/h1-6,11,18H,17H2. The van der Waals surface area contributed by atoms with Crippen molar-refractivity contribution in [3.05, 3.63) is 55.3 Å². The van der Waals surface area contributed by atoms with Crippen LogP contribution in [0.3, 0.4) is 0 Å². The van der Waals surface area contributed by atoms with Crippen molar-refractivity contribution in [1.29, 1.82) is 0 Å². The van der Waals surface area contributed by atoms with Crippen LogP contribution in [0.2, 0.25) is 0 Å². The molecule has 2 rings (SSSR count). The summed E-state index contributed by atoms with van der Waals surface area (Å²) in [4.78, 5) is 0. The first-order valence-corrected chi connectivity index (χ1v) is 7.25. The van der Waals surface area contributed by atoms with E-state index in [0.717, 1.165) is 14.5 Å². The average Bonchev–Trinajstić information content (AvgIpc) is 2.76. The van der Waals surface area contributed by atoms with Gasteiger partial charge in [-0.3, -0.25) is 5.84 Å². The number of hydrogen-bond donors (Lipinski definition) is 2. The monoisotopic (exact) mass is 398 g/mol. The van der Waals surface area contributed by atoms with Gasteiger partial charge in [0.05, 0.1) is 14.5 Å². The molecule has 0 aliphatic carbocycles. The Morgan fingerprint density at radius 2 is 1.95 bits per heavy atom. The minimum atomic E-state index is -4.39. The van der Waals surface area contributed by atoms with Crippen LogP contribution in [0.4, 0.5) is 13.2 Å². The first kappa shape index (κ1) is 14.8. The summed E-state index contributed by atoms with van der Waals surface area (Å²) in [7, 11) is 0. The van der Waals surface area contributed by atoms with Crippen LogP contribution in [-0.2, 0) is 6.18 Å². The summed E-state index contributed by atoms with van der Waals surface area (Å²) in [6.45, 7) is 0. The van der Waals surface area contributed by atoms with Gasteiger partial charge in [-0.05, 0) is 51.2 Å². The molecule has 102 valence electrons. The van der Waals surface area contributed by atoms with Crippen LogP contribution in [0.25, 0.3) is 0 Å². The minimum absolute atomic E-state index is 0.131. The molecule has 1 unspecified atom stereocenters. The van der Waals surface area contributed by atoms with Gasteiger partial charge in [-0.15, -0.1) is 11.3 Å². The van der Waals surface area contributed by atoms with Crippen molar-refractivity contribution < 1.29 is 13.2 Å². The van der Waals surface area contributed by atoms with Gasteiger partial charge in [-0.25, -0.2) is 5.43 Å². The van der Waals surface area contributed by atoms with Gasteiger partial charge in [0.15, 0.2) is 0 Å². The van der Waals surface area contributed by atoms with Crippen LogP contribution in [-0.4, -0.2) is 0 Å². The maximum Gasteiger partial charge on any atom is 0.416 e. The summed E-state index contributed by atoms with van der Waals surface area (Å²) in [5, 5.41) is 1.81. The van der Waals surface area contributed by atoms with Gasteiger partial charge in [0.25, 0.3) is 0 Å². The lowest BCUT2D eigenvalue weighted by molar-refractivity contribution is -0.138. The Hall–Kier alpha value is -0.640. The maximum atomic E-state index is 13.0. The molecule has 19 heavy (non-hydrogen) atoms. The highest BCUT2D eigenvalue weighted by Gasteiger charge is 2.35. The lowest BCUT2D eigenvalue weighted by Gasteiger charge is -2.20. The van der Waals surface area contributed by atoms with E-state index in [9.17, 15) is 13.2 Å². The van der Waals surface area contributed by atoms with E-state index in [2.05, 4.69) is 28.0 Å². The number of benzene rings is 1. The summed E-state index contributed by atoms with van der Waals surface area (Å²) in [6, 6.07) is 6.61. The molecule has 2 aromatic rings. The first-order valence-electron chi connectivity index (χ1n) is 5.29. The topological polar surface area (TPSA) is 38.0 Å². The van der Waals surface area contributed by atoms with E-state index in [1.807, 2.05) is 6.07 Å². The fraction of sp³-hybridized carbons (Fsp3) is 0.167. The zero-order valence-electron chi connectivity index (χ0n) is 9.54. The van der Waals surface area contributed by atoms with Crippen molar-refractivity contribution in [2.45, 2.75) is 12.2 Å². The molecule has 0 spiro atoms. The number of hydrogen-bond acceptors (Lipinski definition) is 3. The van der Waals surface area contributed by atoms with Crippen molar-refractivity contribution in [3.8, 4) is 0 Å². The number of alkyl halides is 3. The van der Waals surface area contributed by atoms with Crippen molar-refractivity contribution in [1.82, 2.24) is 5.43 Å². The molecule has 0 fully saturated rings. The third-order valence-corrected chi connectivity index (χ3v) is 4.47. The molecule has 1 atom stereocenters. The highest BCUT2D eigenvalue weighted by molar-refractivity contribution is 14.1. The number of halogens is 4. The zero-order valence-corrected chi connectivity index (χ0v) is 12.5. The van der Waals surface area contributed by atoms with Crippen molar-refractivity contribution in [3.63, 3.8) is 0 Å². The van der Waals surface area contributed by atoms with Gasteiger partial charge < -0.3 is 0 Å². The Morgan fingerprint density at radius 3 is 2.47 bits per heavy atom. The number of thiophene rings is 1. The van der Waals surface area contributed by atoms with Gasteiger partial charge in [0.2, 0.25) is 0 Å². The predicted octanol–water partition coefficient (Wildman–Crippen LogP) is 3.92. The van der Waals surface area contributed by atoms with Gasteiger partial charge in [0, 0.05) is 0 Å². The van der Waals surface area contributed by atoms with E-state index in [1.54, 1.807) is 11.4 Å². The van der Waals surface area contributed by atoms with Gasteiger partial charge in [-0.2, -0.15) is 13.2 Å². The molecule has 0 aliphatic heterocycles. The van der Waals surface area contributed by atoms with Crippen LogP contribution in [0, 0.1) is 2.88 Å². The summed E-state index contributed by atoms with van der Waals surface area (Å²) in [6.07, 6.45) is -4.39. The highest BCUT2D eigenvalue weighted by atomic mass is 127. The Labute approximate surface area is 125 Å². The van der Waals surface area contributed by atoms with E-state index < -0.39 is 17.8 Å². The summed E-state index contributed by atoms with van der Waals surface area (Å²) >= 11 is 3.59. The van der Waals surface area contributed by atoms with Crippen LogP contribution in [0.5, 0.6) is 0 Å². The number of nitrogens with one attached hydrogen (secondary N) is 1. The van der Waals surface area contributed by atoms with Crippen LogP contribution in [0.1, 0.15) is 22.7 Å². The molecule has 0 amide bonds. The molecule has 1 aromatic carbocycles. The predicted molar refractivity (Wildman–Crippen MR) is 77.6 cm³/mol. The van der Waals surface area contributed by atoms with Crippen molar-refractivity contribution >= 4 is 33.9 Å². The average molecular weight is 398 g/mol. The number of rotatable bonds is 3. The van der Waals surface area contributed by atoms with E-state index >= 15 is 0 Å². The second kappa shape index (κ2) is 5.78. The highest BCUT2D eigenvalue weighted by Crippen LogP contribution is 2.37. The molecule has 0 radical (unpaired) electrons. The fourth-order valence-electron chi connectivity index (χ4n) is 1.85. The number of nitrogens with two attached hydrogens (primary N) is 1. The second-order valence-corrected chi connectivity index (χ2v) is 6.67. The molecule has 0 saturated carbocycles. The molecule has 7 heteroatoms. The van der Waals surface area contributed by atoms with E-state index in [-0.39, 0.29) is 5.56 Å². The summed E-state index contributed by atoms with van der Waals surface area (Å²) in [5.41, 5.74) is 2.66. The Bertz CT molecular complexity index is 568. The fourth-order valence-corrected chi connectivity index (χ4v) is 3.25. The zero-order chi connectivity index (χ0) is 14.0. The summed E-state index contributed by atoms with van der Waals surface area (Å²) < 4.78 is 40.0. The minimum Gasteiger partial charge on any atom is -0.271 e. The summed E-state index contributed by atoms with van der Waals surface area (Å²) in [5.74, 6) is 5.44. The Balaban J connectivity index is 2.50. The lowest BCUT2D eigenvalue weighted by Crippen LogP contribution is -2.30. The van der Waals surface area contributed by atoms with Gasteiger partial charge in [0.1, 0.15) is 0 Å². The first-order chi connectivity index (χ1) is 8.93. The van der Waals surface area contributed by atoms with Crippen LogP contribution in [0.15, 0.2) is 35.7 Å². The Morgan fingerprint density at radius 1 is 1.26 bits per heavy atom. The van der Waals surface area contributed by atoms with Crippen LogP contribution < -0.4 is 11.3 Å². The molecule has 0 bridgehead atoms. The SMILES string of the molecule is NNC(c1csc(I)c1)c1ccccc1C(F)(F)F. The molecule has 0 aliphatic rings. The lowest BCUT2D eigenvalue weighted by atomic mass is 9.96. The molecular weight excluding hydrogens is 388 g/mol. The molecule has 0 saturated heterocycles. The van der Waals surface area contributed by atoms with Gasteiger partial charge in [-0.1, -0.05) is 18.2 Å². The molecule has 2 nitrogen and oxygen atoms in total. The van der Waals surface area contributed by atoms with E-state index in [0.29, 0.717) is 0 Å². The smallest absolute Gasteiger partial charge is 0.271 e. The maximum absolute atomic E-state index is 13.0. The molecule has 1 heterocycles. The number of hydrazine groups is 1. The molecular formula is C12H10F3IN2S. The molecule has 3 N–H and O–H groups in total. The third kappa shape index (κ3) is 3.28. The third-order valence-electron chi connectivity index (χ3n) is 2.66. The van der Waals surface area contributed by atoms with Gasteiger partial charge >= 0.3 is 6.18 Å². The second-order valence-electron chi connectivity index (χ2n) is 3.87. The van der Waals surface area contributed by atoms with E-state index in [4.69, 9.17) is 5.84 Å².